The Kier molecular flexibility index (Phi) is 7.42. The fourth-order valence-corrected chi connectivity index (χ4v) is 3.08. The van der Waals surface area contributed by atoms with E-state index >= 15 is 0 Å². The second-order valence-corrected chi connectivity index (χ2v) is 8.49. The van der Waals surface area contributed by atoms with Gasteiger partial charge in [-0.15, -0.1) is 0 Å². The number of nitrogens with one attached hydrogen (secondary N) is 2. The highest BCUT2D eigenvalue weighted by Crippen LogP contribution is 2.52. The maximum atomic E-state index is 11.4. The van der Waals surface area contributed by atoms with Gasteiger partial charge in [-0.05, 0) is 0 Å². The highest BCUT2D eigenvalue weighted by molar-refractivity contribution is 8.44. The maximum Gasteiger partial charge on any atom is 0.385 e. The topological polar surface area (TPSA) is 107 Å². The third kappa shape index (κ3) is 6.18. The number of hydrogen-bond acceptors (Lipinski definition) is 7. The van der Waals surface area contributed by atoms with Crippen LogP contribution < -0.4 is 5.32 Å². The highest BCUT2D eigenvalue weighted by atomic mass is 32.7. The van der Waals surface area contributed by atoms with Crippen LogP contribution in [-0.4, -0.2) is 38.5 Å². The van der Waals surface area contributed by atoms with E-state index in [4.69, 9.17) is 19.2 Å². The van der Waals surface area contributed by atoms with Gasteiger partial charge in [0.1, 0.15) is 6.10 Å². The monoisotopic (exact) mass is 350 g/mol. The molecule has 0 radical (unpaired) electrons. The maximum absolute atomic E-state index is 11.4. The summed E-state index contributed by atoms with van der Waals surface area (Å²) in [5.41, 5.74) is 0. The van der Waals surface area contributed by atoms with E-state index in [0.717, 1.165) is 6.34 Å². The van der Waals surface area contributed by atoms with Crippen molar-refractivity contribution in [3.8, 4) is 0 Å². The summed E-state index contributed by atoms with van der Waals surface area (Å²) in [5.74, 6) is 0. The molecule has 1 aliphatic rings. The lowest BCUT2D eigenvalue weighted by Crippen LogP contribution is -2.36. The van der Waals surface area contributed by atoms with Gasteiger partial charge in [-0.1, -0.05) is 24.5 Å². The first-order chi connectivity index (χ1) is 8.88. The van der Waals surface area contributed by atoms with E-state index in [1.807, 2.05) is 0 Å². The Hall–Kier alpha value is 0.470. The molecule has 0 amide bonds. The largest absolute Gasteiger partial charge is 0.385 e. The van der Waals surface area contributed by atoms with E-state index in [-0.39, 0.29) is 6.61 Å². The second-order valence-electron chi connectivity index (χ2n) is 3.59. The molecule has 0 spiro atoms. The summed E-state index contributed by atoms with van der Waals surface area (Å²) in [7, 11) is -1.20. The summed E-state index contributed by atoms with van der Waals surface area (Å²) in [4.78, 5) is 0. The summed E-state index contributed by atoms with van der Waals surface area (Å²) in [6, 6.07) is 0. The van der Waals surface area contributed by atoms with Crippen molar-refractivity contribution in [3.63, 3.8) is 0 Å². The van der Waals surface area contributed by atoms with E-state index in [9.17, 15) is 9.13 Å². The Labute approximate surface area is 122 Å². The molecule has 19 heavy (non-hydrogen) atoms. The summed E-state index contributed by atoms with van der Waals surface area (Å²) in [6.07, 6.45) is -0.290. The average Bonchev–Trinajstić information content (AvgIpc) is 2.69. The Morgan fingerprint density at radius 2 is 2.37 bits per heavy atom. The number of ether oxygens (including phenoxy) is 1. The molecule has 1 saturated heterocycles. The molecule has 0 bridgehead atoms. The fraction of sp³-hybridized carbons (Fsp3) is 0.857. The van der Waals surface area contributed by atoms with Crippen LogP contribution in [0.2, 0.25) is 0 Å². The first-order valence-electron chi connectivity index (χ1n) is 5.21. The van der Waals surface area contributed by atoms with Crippen LogP contribution in [0.25, 0.3) is 0 Å². The van der Waals surface area contributed by atoms with E-state index in [2.05, 4.69) is 34.3 Å². The fourth-order valence-electron chi connectivity index (χ4n) is 1.54. The normalized spacial score (nSPS) is 31.6. The predicted molar refractivity (Wildman–Crippen MR) is 77.6 cm³/mol. The van der Waals surface area contributed by atoms with Gasteiger partial charge in [-0.2, -0.15) is 0 Å². The van der Waals surface area contributed by atoms with Crippen molar-refractivity contribution >= 4 is 44.9 Å². The van der Waals surface area contributed by atoms with Crippen molar-refractivity contribution in [2.45, 2.75) is 24.9 Å². The molecule has 1 heterocycles. The van der Waals surface area contributed by atoms with Gasteiger partial charge in [-0.3, -0.25) is 14.5 Å². The smallest absolute Gasteiger partial charge is 0.350 e. The Bertz CT molecular complexity index is 387. The standard InChI is InChI=1S/C7H16N2O6P2S2/c1-12-17(11,19)13-3-5-2-6(15-16(10)18)7(14-5)9-4-8/h4-7,16H,2-3H2,1H3,(H2,8,9)(H,10,18)(H,11,19)/t5-,6+,7+,17?/m0/s1. The van der Waals surface area contributed by atoms with Gasteiger partial charge in [0.05, 0.1) is 19.0 Å². The van der Waals surface area contributed by atoms with Crippen molar-refractivity contribution in [3.05, 3.63) is 0 Å². The predicted octanol–water partition coefficient (Wildman–Crippen LogP) is 1.70. The minimum atomic E-state index is -3.37. The van der Waals surface area contributed by atoms with Crippen LogP contribution in [0.3, 0.4) is 0 Å². The molecule has 0 aliphatic carbocycles. The SMILES string of the molecule is COP(=O)(S)OC[C@@H]1C[C@@H](O[PH](=O)S)[C@H](NC=N)O1. The number of rotatable bonds is 8. The second kappa shape index (κ2) is 8.05. The van der Waals surface area contributed by atoms with E-state index in [1.54, 1.807) is 0 Å². The average molecular weight is 350 g/mol. The zero-order chi connectivity index (χ0) is 14.5. The van der Waals surface area contributed by atoms with Gasteiger partial charge in [0.2, 0.25) is 7.23 Å². The zero-order valence-corrected chi connectivity index (χ0v) is 13.7. The quantitative estimate of drug-likeness (QED) is 0.228. The lowest BCUT2D eigenvalue weighted by molar-refractivity contribution is -0.00722. The molecule has 112 valence electrons. The van der Waals surface area contributed by atoms with Gasteiger partial charge >= 0.3 is 6.80 Å². The lowest BCUT2D eigenvalue weighted by Gasteiger charge is -2.17. The van der Waals surface area contributed by atoms with E-state index in [1.165, 1.54) is 7.11 Å². The van der Waals surface area contributed by atoms with Gasteiger partial charge in [-0.25, -0.2) is 4.57 Å². The third-order valence-corrected chi connectivity index (χ3v) is 4.92. The molecule has 8 nitrogen and oxygen atoms in total. The van der Waals surface area contributed by atoms with Crippen molar-refractivity contribution in [2.75, 3.05) is 13.7 Å². The summed E-state index contributed by atoms with van der Waals surface area (Å²) >= 11 is 7.42. The molecule has 0 aromatic carbocycles. The van der Waals surface area contributed by atoms with Crippen LogP contribution >= 0.6 is 38.5 Å². The minimum Gasteiger partial charge on any atom is -0.350 e. The number of hydrogen-bond donors (Lipinski definition) is 4. The molecule has 1 fully saturated rings. The van der Waals surface area contributed by atoms with Crippen molar-refractivity contribution in [1.29, 1.82) is 5.41 Å². The molecule has 1 aliphatic heterocycles. The Balaban J connectivity index is 2.52. The molecular weight excluding hydrogens is 334 g/mol. The van der Waals surface area contributed by atoms with Crippen LogP contribution in [0.1, 0.15) is 6.42 Å². The molecule has 2 N–H and O–H groups in total. The Morgan fingerprint density at radius 3 is 2.89 bits per heavy atom. The van der Waals surface area contributed by atoms with Gasteiger partial charge in [0, 0.05) is 13.5 Å². The van der Waals surface area contributed by atoms with Crippen molar-refractivity contribution in [1.82, 2.24) is 5.32 Å². The first kappa shape index (κ1) is 17.5. The zero-order valence-electron chi connectivity index (χ0n) is 10.0. The summed E-state index contributed by atoms with van der Waals surface area (Å²) in [6.45, 7) is -3.39. The minimum absolute atomic E-state index is 0.0157. The van der Waals surface area contributed by atoms with Gasteiger partial charge < -0.3 is 19.1 Å². The molecule has 5 atom stereocenters. The lowest BCUT2D eigenvalue weighted by atomic mass is 10.2. The molecule has 2 unspecified atom stereocenters. The molecule has 12 heteroatoms. The third-order valence-electron chi connectivity index (χ3n) is 2.33. The molecule has 0 saturated carbocycles. The molecule has 1 rings (SSSR count). The summed E-state index contributed by atoms with van der Waals surface area (Å²) in [5, 5.41) is 9.57. The van der Waals surface area contributed by atoms with Crippen molar-refractivity contribution in [2.24, 2.45) is 0 Å². The van der Waals surface area contributed by atoms with Crippen LogP contribution in [-0.2, 0) is 27.4 Å². The van der Waals surface area contributed by atoms with Gasteiger partial charge in [0.15, 0.2) is 6.23 Å². The first-order valence-corrected chi connectivity index (χ1v) is 10.5. The molecule has 0 aromatic rings. The summed E-state index contributed by atoms with van der Waals surface area (Å²) < 4.78 is 42.6. The van der Waals surface area contributed by atoms with Crippen molar-refractivity contribution < 1.29 is 27.4 Å². The molecule has 0 aromatic heterocycles. The Morgan fingerprint density at radius 1 is 1.68 bits per heavy atom. The highest BCUT2D eigenvalue weighted by Gasteiger charge is 2.37. The van der Waals surface area contributed by atoms with Crippen LogP contribution in [0.4, 0.5) is 0 Å². The van der Waals surface area contributed by atoms with Crippen LogP contribution in [0.5, 0.6) is 0 Å². The number of thiol groups is 2. The van der Waals surface area contributed by atoms with Gasteiger partial charge in [0.25, 0.3) is 0 Å². The van der Waals surface area contributed by atoms with E-state index in [0.29, 0.717) is 6.42 Å². The van der Waals surface area contributed by atoms with Crippen LogP contribution in [0, 0.1) is 5.41 Å². The van der Waals surface area contributed by atoms with E-state index < -0.39 is 32.5 Å². The molecular formula is C7H16N2O6P2S2. The van der Waals surface area contributed by atoms with Crippen LogP contribution in [0.15, 0.2) is 0 Å².